The first-order valence-corrected chi connectivity index (χ1v) is 11.4. The lowest BCUT2D eigenvalue weighted by Gasteiger charge is -2.32. The van der Waals surface area contributed by atoms with Gasteiger partial charge in [0.05, 0.1) is 23.3 Å². The molecule has 1 aliphatic rings. The van der Waals surface area contributed by atoms with Crippen molar-refractivity contribution in [2.24, 2.45) is 5.92 Å². The number of hydrogen-bond acceptors (Lipinski definition) is 5. The fourth-order valence-electron chi connectivity index (χ4n) is 4.04. The summed E-state index contributed by atoms with van der Waals surface area (Å²) in [7, 11) is 0. The predicted octanol–water partition coefficient (Wildman–Crippen LogP) is 4.37. The van der Waals surface area contributed by atoms with Crippen LogP contribution in [0.15, 0.2) is 42.5 Å². The number of rotatable bonds is 4. The topological polar surface area (TPSA) is 89.4 Å². The molecule has 8 nitrogen and oxygen atoms in total. The fraction of sp³-hybridized carbons (Fsp3) is 0.440. The first-order valence-electron chi connectivity index (χ1n) is 11.4. The molecule has 3 aromatic rings. The number of carbonyl (C=O) groups excluding carboxylic acids is 2. The van der Waals surface area contributed by atoms with E-state index in [1.54, 1.807) is 4.90 Å². The highest BCUT2D eigenvalue weighted by Gasteiger charge is 2.30. The number of piperidine rings is 1. The van der Waals surface area contributed by atoms with Crippen molar-refractivity contribution in [2.75, 3.05) is 18.4 Å². The summed E-state index contributed by atoms with van der Waals surface area (Å²) in [5, 5.41) is 3.04. The molecule has 1 N–H and O–H groups in total. The number of para-hydroxylation sites is 2. The van der Waals surface area contributed by atoms with Gasteiger partial charge in [-0.1, -0.05) is 18.2 Å². The lowest BCUT2D eigenvalue weighted by molar-refractivity contribution is -0.121. The van der Waals surface area contributed by atoms with Crippen LogP contribution in [0.25, 0.3) is 11.0 Å². The number of nitrogens with zero attached hydrogens (tertiary/aromatic N) is 4. The molecule has 1 aromatic carbocycles. The Hall–Kier alpha value is -3.42. The Balaban J connectivity index is 1.47. The van der Waals surface area contributed by atoms with Crippen LogP contribution in [0.4, 0.5) is 10.7 Å². The molecule has 4 rings (SSSR count). The zero-order chi connectivity index (χ0) is 23.6. The highest BCUT2D eigenvalue weighted by molar-refractivity contribution is 5.93. The lowest BCUT2D eigenvalue weighted by atomic mass is 9.96. The van der Waals surface area contributed by atoms with Gasteiger partial charge in [-0.25, -0.2) is 9.78 Å². The van der Waals surface area contributed by atoms with Crippen LogP contribution in [0.5, 0.6) is 0 Å². The van der Waals surface area contributed by atoms with Crippen molar-refractivity contribution in [2.45, 2.75) is 52.7 Å². The van der Waals surface area contributed by atoms with E-state index in [1.807, 2.05) is 74.7 Å². The van der Waals surface area contributed by atoms with Gasteiger partial charge in [0.15, 0.2) is 0 Å². The SMILES string of the molecule is Cc1cccc(Cn2c(NC(=O)C3CCN(C(=O)OC(C)(C)C)CC3)nc3ccccc32)n1. The maximum atomic E-state index is 13.1. The van der Waals surface area contributed by atoms with Crippen LogP contribution < -0.4 is 5.32 Å². The molecule has 0 atom stereocenters. The number of carbonyl (C=O) groups is 2. The van der Waals surface area contributed by atoms with E-state index in [4.69, 9.17) is 4.74 Å². The predicted molar refractivity (Wildman–Crippen MR) is 127 cm³/mol. The van der Waals surface area contributed by atoms with Crippen LogP contribution in [0, 0.1) is 12.8 Å². The van der Waals surface area contributed by atoms with E-state index in [9.17, 15) is 9.59 Å². The number of aryl methyl sites for hydroxylation is 1. The minimum absolute atomic E-state index is 0.0763. The molecule has 1 saturated heterocycles. The average molecular weight is 450 g/mol. The van der Waals surface area contributed by atoms with Crippen LogP contribution in [0.3, 0.4) is 0 Å². The summed E-state index contributed by atoms with van der Waals surface area (Å²) in [5.41, 5.74) is 3.07. The summed E-state index contributed by atoms with van der Waals surface area (Å²) in [6, 6.07) is 13.7. The van der Waals surface area contributed by atoms with Gasteiger partial charge in [0.2, 0.25) is 11.9 Å². The van der Waals surface area contributed by atoms with Gasteiger partial charge in [-0.3, -0.25) is 15.1 Å². The number of ether oxygens (including phenoxy) is 1. The van der Waals surface area contributed by atoms with Crippen LogP contribution >= 0.6 is 0 Å². The van der Waals surface area contributed by atoms with Crippen molar-refractivity contribution < 1.29 is 14.3 Å². The number of nitrogens with one attached hydrogen (secondary N) is 1. The summed E-state index contributed by atoms with van der Waals surface area (Å²) in [6.45, 7) is 9.01. The zero-order valence-electron chi connectivity index (χ0n) is 19.7. The Morgan fingerprint density at radius 1 is 1.06 bits per heavy atom. The standard InChI is InChI=1S/C25H31N5O3/c1-17-8-7-9-19(26-17)16-30-21-11-6-5-10-20(21)27-23(30)28-22(31)18-12-14-29(15-13-18)24(32)33-25(2,3)4/h5-11,18H,12-16H2,1-4H3,(H,27,28,31). The van der Waals surface area contributed by atoms with Crippen molar-refractivity contribution in [1.29, 1.82) is 0 Å². The summed E-state index contributed by atoms with van der Waals surface area (Å²) in [6.07, 6.45) is 0.851. The molecule has 0 saturated carbocycles. The Kier molecular flexibility index (Phi) is 6.35. The van der Waals surface area contributed by atoms with Crippen molar-refractivity contribution in [3.8, 4) is 0 Å². The van der Waals surface area contributed by atoms with Crippen LogP contribution in [0.1, 0.15) is 45.0 Å². The molecular formula is C25H31N5O3. The molecule has 3 heterocycles. The summed E-state index contributed by atoms with van der Waals surface area (Å²) >= 11 is 0. The first kappa shape index (κ1) is 22.8. The van der Waals surface area contributed by atoms with Crippen molar-refractivity contribution >= 4 is 29.0 Å². The molecule has 0 aliphatic carbocycles. The van der Waals surface area contributed by atoms with Gasteiger partial charge in [0, 0.05) is 24.7 Å². The first-order chi connectivity index (χ1) is 15.7. The molecule has 0 spiro atoms. The van der Waals surface area contributed by atoms with E-state index in [0.717, 1.165) is 22.4 Å². The van der Waals surface area contributed by atoms with Gasteiger partial charge in [-0.2, -0.15) is 0 Å². The van der Waals surface area contributed by atoms with Crippen molar-refractivity contribution in [1.82, 2.24) is 19.4 Å². The Morgan fingerprint density at radius 3 is 2.48 bits per heavy atom. The van der Waals surface area contributed by atoms with Crippen molar-refractivity contribution in [3.05, 3.63) is 53.9 Å². The fourth-order valence-corrected chi connectivity index (χ4v) is 4.04. The highest BCUT2D eigenvalue weighted by atomic mass is 16.6. The number of anilines is 1. The number of likely N-dealkylation sites (tertiary alicyclic amines) is 1. The quantitative estimate of drug-likeness (QED) is 0.639. The third-order valence-corrected chi connectivity index (χ3v) is 5.67. The van der Waals surface area contributed by atoms with Gasteiger partial charge in [-0.15, -0.1) is 0 Å². The number of pyridine rings is 1. The number of imidazole rings is 1. The molecular weight excluding hydrogens is 418 g/mol. The third kappa shape index (κ3) is 5.50. The van der Waals surface area contributed by atoms with Gasteiger partial charge < -0.3 is 14.2 Å². The largest absolute Gasteiger partial charge is 0.444 e. The number of hydrogen-bond donors (Lipinski definition) is 1. The molecule has 0 unspecified atom stereocenters. The van der Waals surface area contributed by atoms with Crippen LogP contribution in [0.2, 0.25) is 0 Å². The molecule has 2 amide bonds. The van der Waals surface area contributed by atoms with Gasteiger partial charge in [0.1, 0.15) is 5.60 Å². The number of amides is 2. The summed E-state index contributed by atoms with van der Waals surface area (Å²) in [4.78, 5) is 36.3. The van der Waals surface area contributed by atoms with Crippen LogP contribution in [-0.4, -0.2) is 50.1 Å². The molecule has 1 aliphatic heterocycles. The maximum Gasteiger partial charge on any atom is 0.410 e. The lowest BCUT2D eigenvalue weighted by Crippen LogP contribution is -2.43. The maximum absolute atomic E-state index is 13.1. The highest BCUT2D eigenvalue weighted by Crippen LogP contribution is 2.24. The molecule has 8 heteroatoms. The second kappa shape index (κ2) is 9.21. The van der Waals surface area contributed by atoms with E-state index < -0.39 is 5.60 Å². The Morgan fingerprint density at radius 2 is 1.79 bits per heavy atom. The summed E-state index contributed by atoms with van der Waals surface area (Å²) in [5.74, 6) is 0.251. The molecule has 0 bridgehead atoms. The minimum atomic E-state index is -0.531. The van der Waals surface area contributed by atoms with E-state index in [2.05, 4.69) is 15.3 Å². The van der Waals surface area contributed by atoms with Gasteiger partial charge in [0.25, 0.3) is 0 Å². The Labute approximate surface area is 194 Å². The van der Waals surface area contributed by atoms with E-state index in [-0.39, 0.29) is 17.9 Å². The van der Waals surface area contributed by atoms with Gasteiger partial charge in [-0.05, 0) is 64.8 Å². The minimum Gasteiger partial charge on any atom is -0.444 e. The summed E-state index contributed by atoms with van der Waals surface area (Å²) < 4.78 is 7.44. The molecule has 2 aromatic heterocycles. The zero-order valence-corrected chi connectivity index (χ0v) is 19.7. The van der Waals surface area contributed by atoms with E-state index in [0.29, 0.717) is 38.4 Å². The number of fused-ring (bicyclic) bond motifs is 1. The van der Waals surface area contributed by atoms with E-state index in [1.165, 1.54) is 0 Å². The smallest absolute Gasteiger partial charge is 0.410 e. The average Bonchev–Trinajstić information content (AvgIpc) is 3.09. The Bertz CT molecular complexity index is 1160. The molecule has 1 fully saturated rings. The van der Waals surface area contributed by atoms with Crippen molar-refractivity contribution in [3.63, 3.8) is 0 Å². The molecule has 0 radical (unpaired) electrons. The number of benzene rings is 1. The van der Waals surface area contributed by atoms with Crippen LogP contribution in [-0.2, 0) is 16.1 Å². The normalized spacial score (nSPS) is 15.0. The van der Waals surface area contributed by atoms with E-state index >= 15 is 0 Å². The molecule has 33 heavy (non-hydrogen) atoms. The monoisotopic (exact) mass is 449 g/mol. The van der Waals surface area contributed by atoms with Gasteiger partial charge >= 0.3 is 6.09 Å². The third-order valence-electron chi connectivity index (χ3n) is 5.67. The second-order valence-corrected chi connectivity index (χ2v) is 9.51. The number of aromatic nitrogens is 3. The molecule has 174 valence electrons. The second-order valence-electron chi connectivity index (χ2n) is 9.51.